The molecule has 2 aliphatic carbocycles. The predicted molar refractivity (Wildman–Crippen MR) is 203 cm³/mol. The normalized spacial score (nSPS) is 25.2. The number of hydrogen-bond donors (Lipinski definition) is 4. The lowest BCUT2D eigenvalue weighted by atomic mass is 9.62. The molecular weight excluding hydrogens is 680 g/mol. The fraction of sp³-hybridized carbons (Fsp3) is 0.750. The molecule has 290 valence electrons. The van der Waals surface area contributed by atoms with E-state index in [9.17, 15) is 9.90 Å². The van der Waals surface area contributed by atoms with Crippen LogP contribution in [0.3, 0.4) is 0 Å². The van der Waals surface area contributed by atoms with Crippen LogP contribution in [0.25, 0.3) is 0 Å². The molecule has 3 unspecified atom stereocenters. The number of carbonyl (C=O) groups excluding carboxylic acids is 1. The Morgan fingerprint density at radius 1 is 1.13 bits per heavy atom. The molecule has 1 saturated heterocycles. The van der Waals surface area contributed by atoms with Crippen molar-refractivity contribution in [3.63, 3.8) is 0 Å². The van der Waals surface area contributed by atoms with Crippen molar-refractivity contribution in [3.05, 3.63) is 46.6 Å². The number of fused-ring (bicyclic) bond motifs is 1. The Morgan fingerprint density at radius 2 is 1.88 bits per heavy atom. The average Bonchev–Trinajstić information content (AvgIpc) is 3.62. The van der Waals surface area contributed by atoms with E-state index in [1.54, 1.807) is 6.20 Å². The highest BCUT2D eigenvalue weighted by molar-refractivity contribution is 6.33. The zero-order valence-corrected chi connectivity index (χ0v) is 32.3. The maximum atomic E-state index is 14.5. The molecule has 6 rings (SSSR count). The fourth-order valence-corrected chi connectivity index (χ4v) is 9.10. The van der Waals surface area contributed by atoms with Crippen molar-refractivity contribution in [1.29, 1.82) is 0 Å². The van der Waals surface area contributed by atoms with E-state index in [0.717, 1.165) is 56.3 Å². The number of likely N-dealkylation sites (N-methyl/N-ethyl adjacent to an activating group) is 1. The first-order valence-electron chi connectivity index (χ1n) is 20.1. The number of carbonyl (C=O) groups is 1. The Labute approximate surface area is 315 Å². The highest BCUT2D eigenvalue weighted by Crippen LogP contribution is 2.48. The first kappa shape index (κ1) is 39.4. The van der Waals surface area contributed by atoms with E-state index in [1.807, 2.05) is 6.07 Å². The number of nitrogens with one attached hydrogen (secondary N) is 3. The monoisotopic (exact) mass is 742 g/mol. The van der Waals surface area contributed by atoms with Gasteiger partial charge in [0.25, 0.3) is 0 Å². The van der Waals surface area contributed by atoms with Crippen LogP contribution in [0.4, 0.5) is 0 Å². The second-order valence-electron chi connectivity index (χ2n) is 16.1. The van der Waals surface area contributed by atoms with Crippen LogP contribution in [0.15, 0.2) is 29.1 Å². The molecular formula is C40H63ClN6O5. The molecule has 1 spiro atoms. The summed E-state index contributed by atoms with van der Waals surface area (Å²) in [5.74, 6) is 1.13. The number of aromatic nitrogens is 1. The molecule has 4 atom stereocenters. The summed E-state index contributed by atoms with van der Waals surface area (Å²) in [6, 6.07) is 4.44. The lowest BCUT2D eigenvalue weighted by Gasteiger charge is -2.54. The number of β-amino-alcohol motifs (C(OH)–C–C–N with tert-alkyl or cyclic N) is 1. The van der Waals surface area contributed by atoms with E-state index in [-0.39, 0.29) is 42.8 Å². The molecule has 11 nitrogen and oxygen atoms in total. The molecule has 1 amide bonds. The van der Waals surface area contributed by atoms with E-state index in [0.29, 0.717) is 48.7 Å². The van der Waals surface area contributed by atoms with Gasteiger partial charge in [-0.3, -0.25) is 20.3 Å². The van der Waals surface area contributed by atoms with Crippen molar-refractivity contribution >= 4 is 17.5 Å². The minimum Gasteiger partial charge on any atom is -0.484 e. The summed E-state index contributed by atoms with van der Waals surface area (Å²) < 4.78 is 17.6. The van der Waals surface area contributed by atoms with Crippen LogP contribution < -0.4 is 20.7 Å². The topological polar surface area (TPSA) is 124 Å². The van der Waals surface area contributed by atoms with Crippen molar-refractivity contribution in [2.45, 2.75) is 134 Å². The second-order valence-corrected chi connectivity index (χ2v) is 16.4. The number of aliphatic hydroxyl groups is 1. The smallest absolute Gasteiger partial charge is 0.224 e. The van der Waals surface area contributed by atoms with E-state index < -0.39 is 6.10 Å². The molecule has 12 heteroatoms. The molecule has 3 fully saturated rings. The molecule has 2 aromatic rings. The van der Waals surface area contributed by atoms with E-state index in [2.05, 4.69) is 50.9 Å². The van der Waals surface area contributed by atoms with Gasteiger partial charge in [0.1, 0.15) is 18.6 Å². The number of oxazole rings is 1. The van der Waals surface area contributed by atoms with Crippen LogP contribution in [0, 0.1) is 11.3 Å². The van der Waals surface area contributed by atoms with Crippen LogP contribution in [-0.2, 0) is 29.1 Å². The van der Waals surface area contributed by atoms with Crippen molar-refractivity contribution in [2.24, 2.45) is 11.3 Å². The summed E-state index contributed by atoms with van der Waals surface area (Å²) in [6.45, 7) is 3.86. The third-order valence-corrected chi connectivity index (χ3v) is 12.4. The fourth-order valence-electron chi connectivity index (χ4n) is 8.77. The largest absolute Gasteiger partial charge is 0.484 e. The summed E-state index contributed by atoms with van der Waals surface area (Å²) in [5.41, 5.74) is 2.01. The molecule has 0 radical (unpaired) electrons. The van der Waals surface area contributed by atoms with Gasteiger partial charge in [0.2, 0.25) is 5.91 Å². The molecule has 52 heavy (non-hydrogen) atoms. The van der Waals surface area contributed by atoms with Crippen molar-refractivity contribution in [3.8, 4) is 5.75 Å². The van der Waals surface area contributed by atoms with Crippen LogP contribution in [0.2, 0.25) is 5.02 Å². The molecule has 0 bridgehead atoms. The first-order valence-corrected chi connectivity index (χ1v) is 20.5. The van der Waals surface area contributed by atoms with Gasteiger partial charge >= 0.3 is 0 Å². The van der Waals surface area contributed by atoms with Gasteiger partial charge in [-0.05, 0) is 69.8 Å². The van der Waals surface area contributed by atoms with Gasteiger partial charge in [-0.15, -0.1) is 0 Å². The molecule has 2 saturated carbocycles. The van der Waals surface area contributed by atoms with Gasteiger partial charge in [0.05, 0.1) is 36.0 Å². The predicted octanol–water partition coefficient (Wildman–Crippen LogP) is 5.63. The Morgan fingerprint density at radius 3 is 2.56 bits per heavy atom. The van der Waals surface area contributed by atoms with Gasteiger partial charge in [-0.2, -0.15) is 0 Å². The number of aliphatic hydroxyl groups excluding tert-OH is 1. The summed E-state index contributed by atoms with van der Waals surface area (Å²) in [4.78, 5) is 22.8. The minimum absolute atomic E-state index is 0.0191. The summed E-state index contributed by atoms with van der Waals surface area (Å²) in [7, 11) is 4.12. The van der Waals surface area contributed by atoms with Crippen molar-refractivity contribution in [2.75, 3.05) is 46.9 Å². The molecule has 4 aliphatic rings. The Kier molecular flexibility index (Phi) is 14.7. The van der Waals surface area contributed by atoms with E-state index in [1.165, 1.54) is 64.2 Å². The number of halogens is 1. The zero-order chi connectivity index (χ0) is 36.3. The standard InChI is InChI=1S/C40H63ClN6O5/c1-46(2)20-21-50-36-22-34(40(39(45-36)44-30-12-11-13-30)17-9-7-5-3-4-6-8-10-18-40)38(49)43-23-31(48)26-47-19-16-33-29(25-47)14-15-35(37(33)41)51-27-32-24-42-28-52-32/h14-15,24,28,30-31,34,36,39,44-45,48H,3-13,16-23,25-27H2,1-2H3,(H,43,49)/t31-,34?,36?,39?/m0/s1. The number of piperidine rings is 1. The van der Waals surface area contributed by atoms with Gasteiger partial charge in [0.15, 0.2) is 12.2 Å². The van der Waals surface area contributed by atoms with E-state index >= 15 is 0 Å². The Balaban J connectivity index is 1.10. The number of hydrogen-bond acceptors (Lipinski definition) is 10. The summed E-state index contributed by atoms with van der Waals surface area (Å²) in [5, 5.41) is 23.1. The molecule has 1 aromatic heterocycles. The lowest BCUT2D eigenvalue weighted by molar-refractivity contribution is -0.145. The van der Waals surface area contributed by atoms with Crippen LogP contribution >= 0.6 is 11.6 Å². The second kappa shape index (κ2) is 19.4. The maximum Gasteiger partial charge on any atom is 0.224 e. The number of rotatable bonds is 14. The SMILES string of the molecule is CN(C)CCOC1CC(C(=O)NC[C@H](O)CN2CCc3c(ccc(OCc4cnco4)c3Cl)C2)C2(CCCCCCCCCC2)C(NC2CCC2)N1. The Hall–Kier alpha value is -2.25. The first-order chi connectivity index (χ1) is 25.3. The molecule has 4 N–H and O–H groups in total. The minimum atomic E-state index is -0.688. The van der Waals surface area contributed by atoms with Crippen molar-refractivity contribution < 1.29 is 23.8 Å². The van der Waals surface area contributed by atoms with Gasteiger partial charge in [-0.25, -0.2) is 4.98 Å². The number of ether oxygens (including phenoxy) is 2. The molecule has 1 aromatic carbocycles. The highest BCUT2D eigenvalue weighted by atomic mass is 35.5. The Bertz CT molecular complexity index is 1380. The third kappa shape index (κ3) is 10.5. The van der Waals surface area contributed by atoms with Crippen molar-refractivity contribution in [1.82, 2.24) is 30.7 Å². The number of nitrogens with zero attached hydrogens (tertiary/aromatic N) is 3. The maximum absolute atomic E-state index is 14.5. The molecule has 2 aliphatic heterocycles. The molecule has 3 heterocycles. The average molecular weight is 743 g/mol. The van der Waals surface area contributed by atoms with Gasteiger partial charge < -0.3 is 29.2 Å². The van der Waals surface area contributed by atoms with Crippen LogP contribution in [0.5, 0.6) is 5.75 Å². The highest BCUT2D eigenvalue weighted by Gasteiger charge is 2.53. The van der Waals surface area contributed by atoms with E-state index in [4.69, 9.17) is 25.5 Å². The van der Waals surface area contributed by atoms with Gasteiger partial charge in [-0.1, -0.05) is 75.5 Å². The summed E-state index contributed by atoms with van der Waals surface area (Å²) >= 11 is 6.78. The van der Waals surface area contributed by atoms with Crippen LogP contribution in [0.1, 0.15) is 107 Å². The van der Waals surface area contributed by atoms with Gasteiger partial charge in [0, 0.05) is 44.2 Å². The zero-order valence-electron chi connectivity index (χ0n) is 31.6. The summed E-state index contributed by atoms with van der Waals surface area (Å²) in [6.07, 6.45) is 19.1. The third-order valence-electron chi connectivity index (χ3n) is 12.0. The number of benzene rings is 1. The van der Waals surface area contributed by atoms with Crippen LogP contribution in [-0.4, -0.2) is 97.2 Å². The number of amides is 1. The lowest BCUT2D eigenvalue weighted by Crippen LogP contribution is -2.69. The quantitative estimate of drug-likeness (QED) is 0.194.